The first-order chi connectivity index (χ1) is 6.65. The van der Waals surface area contributed by atoms with Gasteiger partial charge in [0, 0.05) is 13.1 Å². The van der Waals surface area contributed by atoms with E-state index in [1.54, 1.807) is 12.1 Å². The highest BCUT2D eigenvalue weighted by Gasteiger charge is 2.10. The van der Waals surface area contributed by atoms with E-state index in [-0.39, 0.29) is 17.6 Å². The highest BCUT2D eigenvalue weighted by atomic mass is 35.5. The van der Waals surface area contributed by atoms with Gasteiger partial charge in [0.25, 0.3) is 5.91 Å². The molecule has 1 aromatic heterocycles. The minimum atomic E-state index is -0.236. The third-order valence-electron chi connectivity index (χ3n) is 1.49. The zero-order chi connectivity index (χ0) is 10.6. The number of aromatic nitrogens is 1. The molecule has 1 rings (SSSR count). The monoisotopic (exact) mass is 213 g/mol. The maximum atomic E-state index is 11.0. The minimum Gasteiger partial charge on any atom is -0.374 e. The van der Waals surface area contributed by atoms with Gasteiger partial charge in [-0.05, 0) is 19.1 Å². The molecule has 75 valence electrons. The zero-order valence-corrected chi connectivity index (χ0v) is 8.49. The molecule has 0 unspecified atom stereocenters. The largest absolute Gasteiger partial charge is 0.374 e. The summed E-state index contributed by atoms with van der Waals surface area (Å²) in [6.45, 7) is 5.14. The Labute approximate surface area is 87.4 Å². The van der Waals surface area contributed by atoms with Gasteiger partial charge in [-0.1, -0.05) is 11.6 Å². The van der Waals surface area contributed by atoms with Gasteiger partial charge in [-0.2, -0.15) is 5.06 Å². The number of nitrogens with zero attached hydrogens (tertiary/aromatic N) is 2. The predicted octanol–water partition coefficient (Wildman–Crippen LogP) is 1.71. The third kappa shape index (κ3) is 2.60. The summed E-state index contributed by atoms with van der Waals surface area (Å²) in [5.41, 5.74) is 0. The van der Waals surface area contributed by atoms with Crippen molar-refractivity contribution in [1.29, 1.82) is 0 Å². The number of hydrogen-bond donors (Lipinski definition) is 0. The molecule has 0 atom stereocenters. The number of pyridine rings is 1. The molecule has 4 nitrogen and oxygen atoms in total. The van der Waals surface area contributed by atoms with Crippen molar-refractivity contribution in [3.05, 3.63) is 30.4 Å². The van der Waals surface area contributed by atoms with Crippen LogP contribution in [0.4, 0.5) is 0 Å². The molecule has 0 aliphatic carbocycles. The molecule has 14 heavy (non-hydrogen) atoms. The second-order valence-corrected chi connectivity index (χ2v) is 2.86. The average Bonchev–Trinajstić information content (AvgIpc) is 2.16. The van der Waals surface area contributed by atoms with Gasteiger partial charge in [0.2, 0.25) is 0 Å². The van der Waals surface area contributed by atoms with Crippen molar-refractivity contribution in [2.75, 3.05) is 6.54 Å². The molecule has 1 amide bonds. The number of hydrogen-bond acceptors (Lipinski definition) is 3. The second kappa shape index (κ2) is 4.81. The maximum Gasteiger partial charge on any atom is 0.252 e. The number of rotatable bonds is 3. The number of hydroxylamine groups is 2. The molecule has 1 aromatic rings. The first-order valence-corrected chi connectivity index (χ1v) is 4.38. The lowest BCUT2D eigenvalue weighted by molar-refractivity contribution is -0.152. The smallest absolute Gasteiger partial charge is 0.252 e. The van der Waals surface area contributed by atoms with E-state index in [0.717, 1.165) is 5.06 Å². The van der Waals surface area contributed by atoms with Crippen LogP contribution in [-0.2, 0) is 4.79 Å². The molecule has 0 fully saturated rings. The molecule has 0 saturated heterocycles. The highest BCUT2D eigenvalue weighted by molar-refractivity contribution is 6.30. The lowest BCUT2D eigenvalue weighted by Gasteiger charge is -2.18. The van der Waals surface area contributed by atoms with Crippen LogP contribution >= 0.6 is 11.6 Å². The molecule has 0 aliphatic heterocycles. The number of amides is 1. The Morgan fingerprint density at radius 2 is 2.50 bits per heavy atom. The van der Waals surface area contributed by atoms with Crippen LogP contribution in [0.5, 0.6) is 5.75 Å². The first kappa shape index (κ1) is 10.8. The lowest BCUT2D eigenvalue weighted by atomic mass is 10.5. The SMILES string of the molecule is [CH2]CN(Oc1cccnc1Cl)C(C)=O. The Morgan fingerprint density at radius 1 is 1.79 bits per heavy atom. The molecule has 1 heterocycles. The predicted molar refractivity (Wildman–Crippen MR) is 52.6 cm³/mol. The zero-order valence-electron chi connectivity index (χ0n) is 7.74. The molecular weight excluding hydrogens is 204 g/mol. The molecule has 1 radical (unpaired) electrons. The minimum absolute atomic E-state index is 0.209. The van der Waals surface area contributed by atoms with Crippen LogP contribution in [0.2, 0.25) is 5.15 Å². The van der Waals surface area contributed by atoms with Gasteiger partial charge in [0.15, 0.2) is 10.9 Å². The summed E-state index contributed by atoms with van der Waals surface area (Å²) in [5, 5.41) is 1.32. The van der Waals surface area contributed by atoms with E-state index in [9.17, 15) is 4.79 Å². The van der Waals surface area contributed by atoms with E-state index in [1.165, 1.54) is 13.1 Å². The summed E-state index contributed by atoms with van der Waals surface area (Å²) in [6.07, 6.45) is 1.54. The second-order valence-electron chi connectivity index (χ2n) is 2.50. The number of carbonyl (C=O) groups is 1. The van der Waals surface area contributed by atoms with Gasteiger partial charge >= 0.3 is 0 Å². The first-order valence-electron chi connectivity index (χ1n) is 4.01. The van der Waals surface area contributed by atoms with Crippen LogP contribution in [0, 0.1) is 6.92 Å². The normalized spacial score (nSPS) is 9.64. The third-order valence-corrected chi connectivity index (χ3v) is 1.77. The Balaban J connectivity index is 2.77. The molecule has 0 saturated carbocycles. The molecule has 0 aliphatic rings. The molecule has 0 aromatic carbocycles. The van der Waals surface area contributed by atoms with Crippen molar-refractivity contribution in [3.8, 4) is 5.75 Å². The van der Waals surface area contributed by atoms with Crippen molar-refractivity contribution in [1.82, 2.24) is 10.0 Å². The molecule has 0 spiro atoms. The van der Waals surface area contributed by atoms with E-state index in [0.29, 0.717) is 5.75 Å². The average molecular weight is 214 g/mol. The fourth-order valence-electron chi connectivity index (χ4n) is 0.825. The van der Waals surface area contributed by atoms with Gasteiger partial charge in [-0.25, -0.2) is 4.98 Å². The Bertz CT molecular complexity index is 330. The van der Waals surface area contributed by atoms with Crippen LogP contribution in [0.1, 0.15) is 6.92 Å². The van der Waals surface area contributed by atoms with Crippen molar-refractivity contribution in [2.24, 2.45) is 0 Å². The molecule has 0 bridgehead atoms. The van der Waals surface area contributed by atoms with E-state index in [1.807, 2.05) is 0 Å². The fourth-order valence-corrected chi connectivity index (χ4v) is 0.979. The summed E-state index contributed by atoms with van der Waals surface area (Å²) < 4.78 is 0. The summed E-state index contributed by atoms with van der Waals surface area (Å²) >= 11 is 5.74. The van der Waals surface area contributed by atoms with Gasteiger partial charge in [0.05, 0.1) is 6.54 Å². The topological polar surface area (TPSA) is 42.4 Å². The van der Waals surface area contributed by atoms with Crippen LogP contribution in [-0.4, -0.2) is 22.5 Å². The standard InChI is InChI=1S/C9H10ClN2O2/c1-3-12(7(2)13)14-8-5-4-6-11-9(8)10/h4-6H,1,3H2,2H3. The van der Waals surface area contributed by atoms with Crippen LogP contribution in [0.15, 0.2) is 18.3 Å². The highest BCUT2D eigenvalue weighted by Crippen LogP contribution is 2.21. The summed E-state index contributed by atoms with van der Waals surface area (Å²) in [4.78, 5) is 20.0. The molecule has 0 N–H and O–H groups in total. The molecular formula is C9H10ClN2O2. The molecule has 5 heteroatoms. The lowest BCUT2D eigenvalue weighted by Crippen LogP contribution is -2.32. The van der Waals surface area contributed by atoms with E-state index in [2.05, 4.69) is 11.9 Å². The van der Waals surface area contributed by atoms with Crippen LogP contribution in [0.3, 0.4) is 0 Å². The van der Waals surface area contributed by atoms with E-state index in [4.69, 9.17) is 16.4 Å². The Kier molecular flexibility index (Phi) is 3.71. The summed E-state index contributed by atoms with van der Waals surface area (Å²) in [6, 6.07) is 3.30. The van der Waals surface area contributed by atoms with E-state index < -0.39 is 0 Å². The fraction of sp³-hybridized carbons (Fsp3) is 0.222. The number of halogens is 1. The quantitative estimate of drug-likeness (QED) is 0.567. The summed E-state index contributed by atoms with van der Waals surface area (Å²) in [5.74, 6) is 0.105. The van der Waals surface area contributed by atoms with Gasteiger partial charge in [-0.3, -0.25) is 4.79 Å². The van der Waals surface area contributed by atoms with Crippen molar-refractivity contribution in [2.45, 2.75) is 6.92 Å². The van der Waals surface area contributed by atoms with Gasteiger partial charge in [0.1, 0.15) is 0 Å². The van der Waals surface area contributed by atoms with E-state index >= 15 is 0 Å². The van der Waals surface area contributed by atoms with Crippen molar-refractivity contribution < 1.29 is 9.63 Å². The van der Waals surface area contributed by atoms with Crippen LogP contribution in [0.25, 0.3) is 0 Å². The number of carbonyl (C=O) groups excluding carboxylic acids is 1. The van der Waals surface area contributed by atoms with Crippen molar-refractivity contribution in [3.63, 3.8) is 0 Å². The maximum absolute atomic E-state index is 11.0. The van der Waals surface area contributed by atoms with Crippen LogP contribution < -0.4 is 4.84 Å². The Hall–Kier alpha value is -1.29. The van der Waals surface area contributed by atoms with Gasteiger partial charge in [-0.15, -0.1) is 0 Å². The Morgan fingerprint density at radius 3 is 3.00 bits per heavy atom. The van der Waals surface area contributed by atoms with Crippen molar-refractivity contribution >= 4 is 17.5 Å². The van der Waals surface area contributed by atoms with Gasteiger partial charge < -0.3 is 4.84 Å². The summed E-state index contributed by atoms with van der Waals surface area (Å²) in [7, 11) is 0.